The third-order valence-corrected chi connectivity index (χ3v) is 4.58. The zero-order valence-electron chi connectivity index (χ0n) is 16.1. The molecule has 0 aromatic heterocycles. The zero-order valence-corrected chi connectivity index (χ0v) is 16.1. The van der Waals surface area contributed by atoms with Crippen LogP contribution in [-0.4, -0.2) is 52.2 Å². The van der Waals surface area contributed by atoms with Gasteiger partial charge in [-0.05, 0) is 25.9 Å². The van der Waals surface area contributed by atoms with Crippen molar-refractivity contribution in [1.29, 1.82) is 0 Å². The van der Waals surface area contributed by atoms with Crippen molar-refractivity contribution in [1.82, 2.24) is 4.90 Å². The normalized spacial score (nSPS) is 13.8. The first-order chi connectivity index (χ1) is 12.0. The van der Waals surface area contributed by atoms with Gasteiger partial charge in [-0.15, -0.1) is 0 Å². The van der Waals surface area contributed by atoms with E-state index in [1.807, 2.05) is 6.92 Å². The third-order valence-electron chi connectivity index (χ3n) is 4.58. The summed E-state index contributed by atoms with van der Waals surface area (Å²) in [7, 11) is 0. The number of nitrogens with two attached hydrogens (primary N) is 1. The first kappa shape index (κ1) is 23.9. The molecule has 0 aliphatic heterocycles. The standard InChI is InChI=1S/C19H38N2O4/c1-3-5-6-7-8-9-10-11-12-13-15-21(14-4-2)17(19(24)25)16(20)18(22)23/h16-17H,3-15,20H2,1-2H3,(H,22,23)(H,24,25). The molecule has 0 radical (unpaired) electrons. The van der Waals surface area contributed by atoms with Gasteiger partial charge in [0, 0.05) is 0 Å². The molecule has 0 aromatic carbocycles. The number of carbonyl (C=O) groups is 2. The summed E-state index contributed by atoms with van der Waals surface area (Å²) in [5.74, 6) is -2.42. The van der Waals surface area contributed by atoms with Gasteiger partial charge in [0.05, 0.1) is 0 Å². The van der Waals surface area contributed by atoms with E-state index in [1.54, 1.807) is 4.90 Å². The number of unbranched alkanes of at least 4 members (excludes halogenated alkanes) is 9. The summed E-state index contributed by atoms with van der Waals surface area (Å²) < 4.78 is 0. The van der Waals surface area contributed by atoms with Crippen molar-refractivity contribution in [3.8, 4) is 0 Å². The highest BCUT2D eigenvalue weighted by Crippen LogP contribution is 2.13. The third kappa shape index (κ3) is 11.2. The molecule has 2 unspecified atom stereocenters. The van der Waals surface area contributed by atoms with Gasteiger partial charge in [-0.3, -0.25) is 14.5 Å². The second-order valence-corrected chi connectivity index (χ2v) is 6.87. The molecule has 0 rings (SSSR count). The van der Waals surface area contributed by atoms with Gasteiger partial charge in [-0.25, -0.2) is 0 Å². The maximum atomic E-state index is 11.5. The van der Waals surface area contributed by atoms with Gasteiger partial charge < -0.3 is 15.9 Å². The molecule has 148 valence electrons. The minimum atomic E-state index is -1.40. The first-order valence-corrected chi connectivity index (χ1v) is 9.90. The molecular weight excluding hydrogens is 320 g/mol. The van der Waals surface area contributed by atoms with Gasteiger partial charge in [0.15, 0.2) is 0 Å². The minimum Gasteiger partial charge on any atom is -0.480 e. The molecule has 6 nitrogen and oxygen atoms in total. The maximum Gasteiger partial charge on any atom is 0.323 e. The molecule has 4 N–H and O–H groups in total. The van der Waals surface area contributed by atoms with Crippen molar-refractivity contribution >= 4 is 11.9 Å². The first-order valence-electron chi connectivity index (χ1n) is 9.90. The van der Waals surface area contributed by atoms with Gasteiger partial charge >= 0.3 is 11.9 Å². The average molecular weight is 359 g/mol. The van der Waals surface area contributed by atoms with E-state index in [2.05, 4.69) is 6.92 Å². The van der Waals surface area contributed by atoms with E-state index in [9.17, 15) is 14.7 Å². The Bertz CT molecular complexity index is 363. The number of hydrogen-bond acceptors (Lipinski definition) is 4. The van der Waals surface area contributed by atoms with Crippen LogP contribution in [0.15, 0.2) is 0 Å². The van der Waals surface area contributed by atoms with Crippen LogP contribution in [0.1, 0.15) is 84.5 Å². The number of carboxylic acids is 2. The molecule has 0 amide bonds. The Balaban J connectivity index is 4.10. The van der Waals surface area contributed by atoms with Crippen LogP contribution >= 0.6 is 0 Å². The lowest BCUT2D eigenvalue weighted by molar-refractivity contribution is -0.151. The van der Waals surface area contributed by atoms with E-state index in [0.29, 0.717) is 13.1 Å². The predicted molar refractivity (Wildman–Crippen MR) is 101 cm³/mol. The topological polar surface area (TPSA) is 104 Å². The van der Waals surface area contributed by atoms with E-state index in [-0.39, 0.29) is 0 Å². The van der Waals surface area contributed by atoms with Crippen molar-refractivity contribution in [2.24, 2.45) is 5.73 Å². The predicted octanol–water partition coefficient (Wildman–Crippen LogP) is 3.48. The average Bonchev–Trinajstić information content (AvgIpc) is 2.56. The fraction of sp³-hybridized carbons (Fsp3) is 0.895. The molecule has 0 saturated heterocycles. The Labute approximate surface area is 152 Å². The summed E-state index contributed by atoms with van der Waals surface area (Å²) in [4.78, 5) is 24.3. The molecule has 25 heavy (non-hydrogen) atoms. The number of nitrogens with zero attached hydrogens (tertiary/aromatic N) is 1. The van der Waals surface area contributed by atoms with Crippen LogP contribution in [0.4, 0.5) is 0 Å². The van der Waals surface area contributed by atoms with Crippen LogP contribution in [0.25, 0.3) is 0 Å². The quantitative estimate of drug-likeness (QED) is 0.344. The fourth-order valence-corrected chi connectivity index (χ4v) is 3.15. The van der Waals surface area contributed by atoms with Gasteiger partial charge in [0.2, 0.25) is 0 Å². The molecule has 0 spiro atoms. The molecule has 0 aromatic rings. The number of rotatable bonds is 17. The Morgan fingerprint density at radius 1 is 0.760 bits per heavy atom. The Morgan fingerprint density at radius 2 is 1.24 bits per heavy atom. The van der Waals surface area contributed by atoms with Gasteiger partial charge in [-0.2, -0.15) is 0 Å². The molecule has 2 atom stereocenters. The van der Waals surface area contributed by atoms with E-state index >= 15 is 0 Å². The molecule has 0 saturated carbocycles. The lowest BCUT2D eigenvalue weighted by Crippen LogP contribution is -2.56. The summed E-state index contributed by atoms with van der Waals surface area (Å²) in [5.41, 5.74) is 5.59. The summed E-state index contributed by atoms with van der Waals surface area (Å²) in [6, 6.07) is -2.55. The largest absolute Gasteiger partial charge is 0.480 e. The Hall–Kier alpha value is -1.14. The van der Waals surface area contributed by atoms with Crippen LogP contribution < -0.4 is 5.73 Å². The smallest absolute Gasteiger partial charge is 0.323 e. The molecule has 0 aliphatic carbocycles. The van der Waals surface area contributed by atoms with Crippen molar-refractivity contribution in [2.75, 3.05) is 13.1 Å². The summed E-state index contributed by atoms with van der Waals surface area (Å²) in [6.45, 7) is 5.31. The number of hydrogen-bond donors (Lipinski definition) is 3. The SMILES string of the molecule is CCCCCCCCCCCCN(CCC)C(C(=O)O)C(N)C(=O)O. The van der Waals surface area contributed by atoms with Crippen LogP contribution in [0, 0.1) is 0 Å². The summed E-state index contributed by atoms with van der Waals surface area (Å²) in [6.07, 6.45) is 12.9. The van der Waals surface area contributed by atoms with Gasteiger partial charge in [0.25, 0.3) is 0 Å². The van der Waals surface area contributed by atoms with E-state index in [0.717, 1.165) is 25.7 Å². The minimum absolute atomic E-state index is 0.551. The van der Waals surface area contributed by atoms with Crippen LogP contribution in [-0.2, 0) is 9.59 Å². The molecule has 0 aliphatic rings. The van der Waals surface area contributed by atoms with E-state index in [4.69, 9.17) is 10.8 Å². The number of carboxylic acid groups (broad SMARTS) is 2. The molecule has 6 heteroatoms. The Kier molecular flexibility index (Phi) is 14.5. The van der Waals surface area contributed by atoms with Gasteiger partial charge in [-0.1, -0.05) is 71.6 Å². The lowest BCUT2D eigenvalue weighted by Gasteiger charge is -2.30. The summed E-state index contributed by atoms with van der Waals surface area (Å²) >= 11 is 0. The number of aliphatic carboxylic acids is 2. The van der Waals surface area contributed by atoms with Crippen molar-refractivity contribution in [3.05, 3.63) is 0 Å². The second kappa shape index (κ2) is 15.1. The van der Waals surface area contributed by atoms with Crippen LogP contribution in [0.2, 0.25) is 0 Å². The Morgan fingerprint density at radius 3 is 1.64 bits per heavy atom. The second-order valence-electron chi connectivity index (χ2n) is 6.87. The van der Waals surface area contributed by atoms with E-state index < -0.39 is 24.0 Å². The monoisotopic (exact) mass is 358 g/mol. The fourth-order valence-electron chi connectivity index (χ4n) is 3.15. The van der Waals surface area contributed by atoms with Crippen LogP contribution in [0.3, 0.4) is 0 Å². The van der Waals surface area contributed by atoms with Crippen molar-refractivity contribution in [2.45, 2.75) is 96.6 Å². The van der Waals surface area contributed by atoms with E-state index in [1.165, 1.54) is 44.9 Å². The van der Waals surface area contributed by atoms with Crippen LogP contribution in [0.5, 0.6) is 0 Å². The highest BCUT2D eigenvalue weighted by molar-refractivity contribution is 5.85. The highest BCUT2D eigenvalue weighted by Gasteiger charge is 2.35. The van der Waals surface area contributed by atoms with Gasteiger partial charge in [0.1, 0.15) is 12.1 Å². The summed E-state index contributed by atoms with van der Waals surface area (Å²) in [5, 5.41) is 18.4. The molecular formula is C19H38N2O4. The maximum absolute atomic E-state index is 11.5. The van der Waals surface area contributed by atoms with Crippen molar-refractivity contribution in [3.63, 3.8) is 0 Å². The van der Waals surface area contributed by atoms with Crippen molar-refractivity contribution < 1.29 is 19.8 Å². The molecule has 0 fully saturated rings. The highest BCUT2D eigenvalue weighted by atomic mass is 16.4. The lowest BCUT2D eigenvalue weighted by atomic mass is 10.0. The zero-order chi connectivity index (χ0) is 19.1. The molecule has 0 heterocycles. The molecule has 0 bridgehead atoms.